The van der Waals surface area contributed by atoms with Gasteiger partial charge in [-0.2, -0.15) is 4.98 Å². The van der Waals surface area contributed by atoms with E-state index >= 15 is 0 Å². The molecule has 3 heterocycles. The van der Waals surface area contributed by atoms with Gasteiger partial charge in [0.05, 0.1) is 6.04 Å². The molecule has 6 nitrogen and oxygen atoms in total. The fourth-order valence-corrected chi connectivity index (χ4v) is 3.15. The minimum atomic E-state index is -0.328. The van der Waals surface area contributed by atoms with Gasteiger partial charge in [-0.1, -0.05) is 0 Å². The molecule has 7 heteroatoms. The second-order valence-electron chi connectivity index (χ2n) is 5.89. The Morgan fingerprint density at radius 3 is 3.21 bits per heavy atom. The zero-order valence-corrected chi connectivity index (χ0v) is 13.4. The summed E-state index contributed by atoms with van der Waals surface area (Å²) >= 11 is 0. The van der Waals surface area contributed by atoms with Crippen LogP contribution in [0.3, 0.4) is 0 Å². The van der Waals surface area contributed by atoms with E-state index in [9.17, 15) is 4.39 Å². The standard InChI is InChI=1S/C17H19FN4O2/c1-2-22-8-7-19-16(22)15-12(4-3-9-23-15)20-17-21-13-10-11(18)5-6-14(13)24-17/h5-8,10,12,15H,2-4,9H2,1H3,(H,20,21)/t12-,15-/m0/s1. The van der Waals surface area contributed by atoms with Crippen LogP contribution in [0.4, 0.5) is 10.4 Å². The van der Waals surface area contributed by atoms with Gasteiger partial charge in [0.25, 0.3) is 6.01 Å². The second-order valence-corrected chi connectivity index (χ2v) is 5.89. The topological polar surface area (TPSA) is 65.1 Å². The first kappa shape index (κ1) is 15.1. The first-order valence-electron chi connectivity index (χ1n) is 8.20. The van der Waals surface area contributed by atoms with Gasteiger partial charge in [-0.3, -0.25) is 0 Å². The Bertz CT molecular complexity index is 844. The lowest BCUT2D eigenvalue weighted by Gasteiger charge is -2.31. The first-order chi connectivity index (χ1) is 11.7. The minimum absolute atomic E-state index is 0.00404. The number of aromatic nitrogens is 3. The predicted molar refractivity (Wildman–Crippen MR) is 87.2 cm³/mol. The van der Waals surface area contributed by atoms with Gasteiger partial charge in [-0.25, -0.2) is 9.37 Å². The summed E-state index contributed by atoms with van der Waals surface area (Å²) in [4.78, 5) is 8.78. The number of imidazole rings is 1. The monoisotopic (exact) mass is 330 g/mol. The number of aryl methyl sites for hydroxylation is 1. The van der Waals surface area contributed by atoms with Crippen LogP contribution in [-0.4, -0.2) is 27.2 Å². The van der Waals surface area contributed by atoms with Crippen LogP contribution in [0, 0.1) is 5.82 Å². The normalized spacial score (nSPS) is 21.2. The van der Waals surface area contributed by atoms with Crippen molar-refractivity contribution in [2.45, 2.75) is 38.5 Å². The third-order valence-electron chi connectivity index (χ3n) is 4.32. The zero-order valence-electron chi connectivity index (χ0n) is 13.4. The largest absolute Gasteiger partial charge is 0.424 e. The summed E-state index contributed by atoms with van der Waals surface area (Å²) in [5, 5.41) is 3.30. The van der Waals surface area contributed by atoms with Crippen molar-refractivity contribution in [3.05, 3.63) is 42.2 Å². The van der Waals surface area contributed by atoms with Crippen LogP contribution in [-0.2, 0) is 11.3 Å². The van der Waals surface area contributed by atoms with Crippen LogP contribution in [0.25, 0.3) is 11.1 Å². The molecule has 0 radical (unpaired) electrons. The summed E-state index contributed by atoms with van der Waals surface area (Å²) in [6, 6.07) is 4.70. The smallest absolute Gasteiger partial charge is 0.296 e. The highest BCUT2D eigenvalue weighted by molar-refractivity contribution is 5.74. The molecule has 1 aromatic carbocycles. The summed E-state index contributed by atoms with van der Waals surface area (Å²) in [5.41, 5.74) is 1.06. The second kappa shape index (κ2) is 6.24. The lowest BCUT2D eigenvalue weighted by atomic mass is 10.0. The summed E-state index contributed by atoms with van der Waals surface area (Å²) < 4.78 is 27.0. The maximum absolute atomic E-state index is 13.3. The Morgan fingerprint density at radius 2 is 2.33 bits per heavy atom. The number of oxazole rings is 1. The molecule has 3 aromatic rings. The molecule has 1 fully saturated rings. The maximum Gasteiger partial charge on any atom is 0.296 e. The van der Waals surface area contributed by atoms with Crippen molar-refractivity contribution in [3.63, 3.8) is 0 Å². The number of anilines is 1. The molecule has 0 spiro atoms. The Hall–Kier alpha value is -2.41. The molecule has 1 N–H and O–H groups in total. The first-order valence-corrected chi connectivity index (χ1v) is 8.20. The van der Waals surface area contributed by atoms with E-state index < -0.39 is 0 Å². The van der Waals surface area contributed by atoms with E-state index in [0.29, 0.717) is 23.7 Å². The SMILES string of the molecule is CCn1ccnc1[C@H]1OCCC[C@@H]1Nc1nc2cc(F)ccc2o1. The van der Waals surface area contributed by atoms with Gasteiger partial charge >= 0.3 is 0 Å². The van der Waals surface area contributed by atoms with Crippen molar-refractivity contribution in [1.29, 1.82) is 0 Å². The van der Waals surface area contributed by atoms with Gasteiger partial charge in [0.2, 0.25) is 0 Å². The molecule has 1 aliphatic rings. The van der Waals surface area contributed by atoms with Crippen LogP contribution in [0.5, 0.6) is 0 Å². The number of benzene rings is 1. The van der Waals surface area contributed by atoms with Crippen molar-refractivity contribution in [2.24, 2.45) is 0 Å². The van der Waals surface area contributed by atoms with Gasteiger partial charge in [0.15, 0.2) is 5.58 Å². The number of fused-ring (bicyclic) bond motifs is 1. The third-order valence-corrected chi connectivity index (χ3v) is 4.32. The predicted octanol–water partition coefficient (Wildman–Crippen LogP) is 3.52. The fourth-order valence-electron chi connectivity index (χ4n) is 3.15. The Labute approximate surface area is 138 Å². The molecule has 126 valence electrons. The highest BCUT2D eigenvalue weighted by Crippen LogP contribution is 2.31. The van der Waals surface area contributed by atoms with E-state index in [1.54, 1.807) is 12.3 Å². The van der Waals surface area contributed by atoms with Gasteiger partial charge < -0.3 is 19.0 Å². The van der Waals surface area contributed by atoms with Crippen LogP contribution in [0.2, 0.25) is 0 Å². The Morgan fingerprint density at radius 1 is 1.42 bits per heavy atom. The van der Waals surface area contributed by atoms with Crippen molar-refractivity contribution >= 4 is 17.1 Å². The molecule has 0 bridgehead atoms. The molecule has 1 saturated heterocycles. The molecule has 24 heavy (non-hydrogen) atoms. The number of halogens is 1. The summed E-state index contributed by atoms with van der Waals surface area (Å²) in [7, 11) is 0. The van der Waals surface area contributed by atoms with E-state index in [-0.39, 0.29) is 18.0 Å². The van der Waals surface area contributed by atoms with Crippen molar-refractivity contribution in [1.82, 2.24) is 14.5 Å². The summed E-state index contributed by atoms with van der Waals surface area (Å²) in [6.45, 7) is 3.62. The lowest BCUT2D eigenvalue weighted by molar-refractivity contribution is -0.00222. The molecule has 0 aliphatic carbocycles. The molecule has 1 aliphatic heterocycles. The Kier molecular flexibility index (Phi) is 3.93. The number of nitrogens with one attached hydrogen (secondary N) is 1. The molecule has 4 rings (SSSR count). The minimum Gasteiger partial charge on any atom is -0.424 e. The van der Waals surface area contributed by atoms with Crippen molar-refractivity contribution in [2.75, 3.05) is 11.9 Å². The number of nitrogens with zero attached hydrogens (tertiary/aromatic N) is 3. The molecule has 0 amide bonds. The fraction of sp³-hybridized carbons (Fsp3) is 0.412. The number of hydrogen-bond donors (Lipinski definition) is 1. The van der Waals surface area contributed by atoms with E-state index in [1.165, 1.54) is 12.1 Å². The highest BCUT2D eigenvalue weighted by Gasteiger charge is 2.31. The highest BCUT2D eigenvalue weighted by atomic mass is 19.1. The molecular formula is C17H19FN4O2. The van der Waals surface area contributed by atoms with Gasteiger partial charge in [-0.15, -0.1) is 0 Å². The van der Waals surface area contributed by atoms with Crippen LogP contribution < -0.4 is 5.32 Å². The van der Waals surface area contributed by atoms with Crippen molar-refractivity contribution in [3.8, 4) is 0 Å². The molecule has 2 aromatic heterocycles. The van der Waals surface area contributed by atoms with E-state index in [1.807, 2.05) is 6.20 Å². The van der Waals surface area contributed by atoms with Gasteiger partial charge in [-0.05, 0) is 31.9 Å². The zero-order chi connectivity index (χ0) is 16.5. The maximum atomic E-state index is 13.3. The van der Waals surface area contributed by atoms with Crippen LogP contribution >= 0.6 is 0 Å². The molecular weight excluding hydrogens is 311 g/mol. The van der Waals surface area contributed by atoms with E-state index in [2.05, 4.69) is 26.8 Å². The quantitative estimate of drug-likeness (QED) is 0.793. The summed E-state index contributed by atoms with van der Waals surface area (Å²) in [5.74, 6) is 0.572. The molecule has 2 atom stereocenters. The van der Waals surface area contributed by atoms with E-state index in [4.69, 9.17) is 9.15 Å². The molecule has 0 unspecified atom stereocenters. The third kappa shape index (κ3) is 2.75. The van der Waals surface area contributed by atoms with E-state index in [0.717, 1.165) is 25.2 Å². The number of rotatable bonds is 4. The average Bonchev–Trinajstić information content (AvgIpc) is 3.21. The lowest BCUT2D eigenvalue weighted by Crippen LogP contribution is -2.35. The molecule has 0 saturated carbocycles. The number of hydrogen-bond acceptors (Lipinski definition) is 5. The number of ether oxygens (including phenoxy) is 1. The van der Waals surface area contributed by atoms with Gasteiger partial charge in [0.1, 0.15) is 23.3 Å². The van der Waals surface area contributed by atoms with Crippen LogP contribution in [0.1, 0.15) is 31.7 Å². The summed E-state index contributed by atoms with van der Waals surface area (Å²) in [6.07, 6.45) is 5.45. The Balaban J connectivity index is 1.60. The van der Waals surface area contributed by atoms with Crippen LogP contribution in [0.15, 0.2) is 35.0 Å². The average molecular weight is 330 g/mol. The van der Waals surface area contributed by atoms with Gasteiger partial charge in [0, 0.05) is 31.6 Å². The van der Waals surface area contributed by atoms with Crippen molar-refractivity contribution < 1.29 is 13.5 Å².